The predicted molar refractivity (Wildman–Crippen MR) is 120 cm³/mol. The molecule has 1 amide bonds. The third kappa shape index (κ3) is 3.95. The van der Waals surface area contributed by atoms with Crippen LogP contribution in [0.1, 0.15) is 5.56 Å². The number of fused-ring (bicyclic) bond motifs is 2. The molecule has 2 aliphatic heterocycles. The summed E-state index contributed by atoms with van der Waals surface area (Å²) in [7, 11) is 0. The highest BCUT2D eigenvalue weighted by atomic mass is 35.5. The van der Waals surface area contributed by atoms with Crippen molar-refractivity contribution in [3.05, 3.63) is 53.1 Å². The van der Waals surface area contributed by atoms with Crippen LogP contribution in [0.4, 0.5) is 5.13 Å². The van der Waals surface area contributed by atoms with Crippen molar-refractivity contribution in [2.45, 2.75) is 0 Å². The molecule has 2 aliphatic rings. The molecule has 6 nitrogen and oxygen atoms in total. The summed E-state index contributed by atoms with van der Waals surface area (Å²) < 4.78 is 12.2. The summed E-state index contributed by atoms with van der Waals surface area (Å²) in [5, 5.41) is 1.70. The third-order valence-electron chi connectivity index (χ3n) is 5.19. The number of thiazole rings is 1. The molecular weight excluding hydrogens is 422 g/mol. The van der Waals surface area contributed by atoms with Gasteiger partial charge in [-0.2, -0.15) is 0 Å². The summed E-state index contributed by atoms with van der Waals surface area (Å²) in [5.41, 5.74) is 1.87. The average molecular weight is 442 g/mol. The zero-order valence-corrected chi connectivity index (χ0v) is 17.8. The Bertz CT molecular complexity index is 1120. The Morgan fingerprint density at radius 3 is 2.67 bits per heavy atom. The first kappa shape index (κ1) is 19.2. The number of piperazine rings is 1. The van der Waals surface area contributed by atoms with Crippen LogP contribution in [0.5, 0.6) is 11.5 Å². The molecule has 0 aliphatic carbocycles. The first-order chi connectivity index (χ1) is 14.7. The zero-order chi connectivity index (χ0) is 20.5. The molecular formula is C22H20ClN3O3S. The van der Waals surface area contributed by atoms with Crippen LogP contribution >= 0.6 is 22.9 Å². The maximum absolute atomic E-state index is 12.6. The van der Waals surface area contributed by atoms with Gasteiger partial charge in [0.1, 0.15) is 13.2 Å². The number of carbonyl (C=O) groups is 1. The van der Waals surface area contributed by atoms with Crippen LogP contribution in [0.15, 0.2) is 42.5 Å². The number of nitrogens with zero attached hydrogens (tertiary/aromatic N) is 3. The summed E-state index contributed by atoms with van der Waals surface area (Å²) in [4.78, 5) is 21.4. The predicted octanol–water partition coefficient (Wildman–Crippen LogP) is 4.08. The monoisotopic (exact) mass is 441 g/mol. The summed E-state index contributed by atoms with van der Waals surface area (Å²) in [5.74, 6) is 1.49. The van der Waals surface area contributed by atoms with E-state index in [1.807, 2.05) is 47.4 Å². The van der Waals surface area contributed by atoms with E-state index < -0.39 is 0 Å². The molecule has 0 atom stereocenters. The van der Waals surface area contributed by atoms with Crippen molar-refractivity contribution in [2.24, 2.45) is 0 Å². The highest BCUT2D eigenvalue weighted by Crippen LogP contribution is 2.32. The fourth-order valence-electron chi connectivity index (χ4n) is 3.58. The van der Waals surface area contributed by atoms with Gasteiger partial charge in [0.15, 0.2) is 16.6 Å². The Balaban J connectivity index is 1.20. The van der Waals surface area contributed by atoms with E-state index in [1.165, 1.54) is 0 Å². The summed E-state index contributed by atoms with van der Waals surface area (Å²) in [6.07, 6.45) is 3.45. The van der Waals surface area contributed by atoms with Gasteiger partial charge >= 0.3 is 0 Å². The van der Waals surface area contributed by atoms with Crippen molar-refractivity contribution >= 4 is 50.3 Å². The third-order valence-corrected chi connectivity index (χ3v) is 6.50. The molecule has 1 aromatic heterocycles. The standard InChI is InChI=1S/C22H20ClN3O3S/c23-16-3-4-17-20(14-16)30-22(24-17)26-9-7-25(8-10-26)21(27)6-2-15-1-5-18-19(13-15)29-12-11-28-18/h1-6,13-14H,7-12H2/b6-2-. The largest absolute Gasteiger partial charge is 0.486 e. The Kier molecular flexibility index (Phi) is 5.23. The Labute approximate surface area is 183 Å². The lowest BCUT2D eigenvalue weighted by Crippen LogP contribution is -2.48. The first-order valence-corrected chi connectivity index (χ1v) is 11.0. The average Bonchev–Trinajstić information content (AvgIpc) is 3.20. The Hall–Kier alpha value is -2.77. The van der Waals surface area contributed by atoms with Gasteiger partial charge < -0.3 is 19.3 Å². The maximum atomic E-state index is 12.6. The molecule has 5 rings (SSSR count). The van der Waals surface area contributed by atoms with Crippen molar-refractivity contribution in [3.63, 3.8) is 0 Å². The highest BCUT2D eigenvalue weighted by Gasteiger charge is 2.22. The molecule has 0 bridgehead atoms. The minimum Gasteiger partial charge on any atom is -0.486 e. The van der Waals surface area contributed by atoms with E-state index in [0.29, 0.717) is 26.3 Å². The van der Waals surface area contributed by atoms with Gasteiger partial charge in [-0.15, -0.1) is 0 Å². The number of aromatic nitrogens is 1. The smallest absolute Gasteiger partial charge is 0.246 e. The van der Waals surface area contributed by atoms with Crippen LogP contribution in [0, 0.1) is 0 Å². The molecule has 3 heterocycles. The van der Waals surface area contributed by atoms with Gasteiger partial charge in [-0.25, -0.2) is 4.98 Å². The van der Waals surface area contributed by atoms with Crippen molar-refractivity contribution in [1.29, 1.82) is 0 Å². The molecule has 0 spiro atoms. The lowest BCUT2D eigenvalue weighted by Gasteiger charge is -2.34. The molecule has 1 fully saturated rings. The van der Waals surface area contributed by atoms with Gasteiger partial charge in [-0.3, -0.25) is 4.79 Å². The van der Waals surface area contributed by atoms with Gasteiger partial charge in [0.05, 0.1) is 10.2 Å². The van der Waals surface area contributed by atoms with Gasteiger partial charge in [-0.1, -0.05) is 29.0 Å². The molecule has 0 N–H and O–H groups in total. The number of anilines is 1. The SMILES string of the molecule is O=C(/C=C\c1ccc2c(c1)OCCO2)N1CCN(c2nc3ccc(Cl)cc3s2)CC1. The van der Waals surface area contributed by atoms with E-state index in [4.69, 9.17) is 26.1 Å². The lowest BCUT2D eigenvalue weighted by atomic mass is 10.1. The maximum Gasteiger partial charge on any atom is 0.246 e. The highest BCUT2D eigenvalue weighted by molar-refractivity contribution is 7.22. The van der Waals surface area contributed by atoms with Gasteiger partial charge in [0.25, 0.3) is 0 Å². The molecule has 3 aromatic rings. The van der Waals surface area contributed by atoms with Crippen molar-refractivity contribution in [1.82, 2.24) is 9.88 Å². The van der Waals surface area contributed by atoms with Crippen LogP contribution in [-0.2, 0) is 4.79 Å². The number of hydrogen-bond acceptors (Lipinski definition) is 6. The number of halogens is 1. The Morgan fingerprint density at radius 2 is 1.83 bits per heavy atom. The van der Waals surface area contributed by atoms with E-state index in [9.17, 15) is 4.79 Å². The van der Waals surface area contributed by atoms with Crippen LogP contribution < -0.4 is 14.4 Å². The minimum absolute atomic E-state index is 0.0145. The van der Waals surface area contributed by atoms with Gasteiger partial charge in [0.2, 0.25) is 5.91 Å². The van der Waals surface area contributed by atoms with Crippen molar-refractivity contribution in [2.75, 3.05) is 44.3 Å². The van der Waals surface area contributed by atoms with Crippen molar-refractivity contribution in [3.8, 4) is 11.5 Å². The molecule has 0 radical (unpaired) electrons. The molecule has 154 valence electrons. The second kappa shape index (κ2) is 8.16. The number of carbonyl (C=O) groups excluding carboxylic acids is 1. The van der Waals surface area contributed by atoms with E-state index >= 15 is 0 Å². The van der Waals surface area contributed by atoms with E-state index in [0.717, 1.165) is 50.5 Å². The van der Waals surface area contributed by atoms with Gasteiger partial charge in [0, 0.05) is 37.3 Å². The fraction of sp³-hybridized carbons (Fsp3) is 0.273. The first-order valence-electron chi connectivity index (χ1n) is 9.83. The molecule has 0 unspecified atom stereocenters. The quantitative estimate of drug-likeness (QED) is 0.573. The van der Waals surface area contributed by atoms with Gasteiger partial charge in [-0.05, 0) is 42.0 Å². The fourth-order valence-corrected chi connectivity index (χ4v) is 4.87. The summed E-state index contributed by atoms with van der Waals surface area (Å²) >= 11 is 7.72. The molecule has 1 saturated heterocycles. The summed E-state index contributed by atoms with van der Waals surface area (Å²) in [6, 6.07) is 11.4. The molecule has 0 saturated carbocycles. The normalized spacial score (nSPS) is 16.4. The minimum atomic E-state index is 0.0145. The zero-order valence-electron chi connectivity index (χ0n) is 16.2. The van der Waals surface area contributed by atoms with Crippen LogP contribution in [0.3, 0.4) is 0 Å². The van der Waals surface area contributed by atoms with Crippen molar-refractivity contribution < 1.29 is 14.3 Å². The second-order valence-electron chi connectivity index (χ2n) is 7.16. The van der Waals surface area contributed by atoms with Crippen LogP contribution in [0.2, 0.25) is 5.02 Å². The van der Waals surface area contributed by atoms with E-state index in [2.05, 4.69) is 4.90 Å². The van der Waals surface area contributed by atoms with E-state index in [-0.39, 0.29) is 5.91 Å². The van der Waals surface area contributed by atoms with Crippen LogP contribution in [0.25, 0.3) is 16.3 Å². The number of hydrogen-bond donors (Lipinski definition) is 0. The van der Waals surface area contributed by atoms with E-state index in [1.54, 1.807) is 17.4 Å². The topological polar surface area (TPSA) is 54.9 Å². The Morgan fingerprint density at radius 1 is 1.03 bits per heavy atom. The second-order valence-corrected chi connectivity index (χ2v) is 8.60. The molecule has 8 heteroatoms. The molecule has 2 aromatic carbocycles. The number of rotatable bonds is 3. The number of ether oxygens (including phenoxy) is 2. The number of benzene rings is 2. The lowest BCUT2D eigenvalue weighted by molar-refractivity contribution is -0.126. The van der Waals surface area contributed by atoms with Crippen LogP contribution in [-0.4, -0.2) is 55.2 Å². The number of amides is 1. The molecule has 30 heavy (non-hydrogen) atoms. The summed E-state index contributed by atoms with van der Waals surface area (Å²) in [6.45, 7) is 3.97.